The van der Waals surface area contributed by atoms with Crippen molar-refractivity contribution < 1.29 is 23.8 Å². The highest BCUT2D eigenvalue weighted by Crippen LogP contribution is 2.33. The van der Waals surface area contributed by atoms with Crippen molar-refractivity contribution in [1.29, 1.82) is 0 Å². The molecule has 2 aromatic heterocycles. The summed E-state index contributed by atoms with van der Waals surface area (Å²) in [5.41, 5.74) is 1.06. The number of amides is 1. The fourth-order valence-corrected chi connectivity index (χ4v) is 4.57. The summed E-state index contributed by atoms with van der Waals surface area (Å²) in [4.78, 5) is 31.1. The van der Waals surface area contributed by atoms with Gasteiger partial charge in [-0.2, -0.15) is 0 Å². The van der Waals surface area contributed by atoms with E-state index in [1.807, 2.05) is 13.0 Å². The second kappa shape index (κ2) is 11.6. The van der Waals surface area contributed by atoms with Crippen LogP contribution in [0.5, 0.6) is 17.2 Å². The molecule has 0 aliphatic rings. The van der Waals surface area contributed by atoms with Gasteiger partial charge in [-0.15, -0.1) is 0 Å². The Morgan fingerprint density at radius 1 is 1.07 bits per heavy atom. The Morgan fingerprint density at radius 3 is 2.56 bits per heavy atom. The quantitative estimate of drug-likeness (QED) is 0.250. The van der Waals surface area contributed by atoms with Crippen molar-refractivity contribution in [3.63, 3.8) is 0 Å². The Bertz CT molecular complexity index is 1780. The van der Waals surface area contributed by atoms with Crippen LogP contribution in [0.4, 0.5) is 10.1 Å². The van der Waals surface area contributed by atoms with Crippen LogP contribution in [-0.2, 0) is 6.54 Å². The average molecular weight is 557 g/mol. The minimum Gasteiger partial charge on any atom is -0.497 e. The van der Waals surface area contributed by atoms with Gasteiger partial charge in [-0.25, -0.2) is 9.07 Å². The number of ether oxygens (including phenoxy) is 2. The molecule has 0 saturated heterocycles. The van der Waals surface area contributed by atoms with Crippen LogP contribution in [0.3, 0.4) is 0 Å². The Balaban J connectivity index is 1.42. The number of nitrogens with zero attached hydrogens (tertiary/aromatic N) is 3. The van der Waals surface area contributed by atoms with Crippen molar-refractivity contribution in [3.05, 3.63) is 106 Å². The van der Waals surface area contributed by atoms with Crippen LogP contribution < -0.4 is 20.3 Å². The average Bonchev–Trinajstić information content (AvgIpc) is 3.22. The number of carbonyl (C=O) groups excluding carboxylic acids is 1. The number of benzene rings is 3. The number of aliphatic hydroxyl groups is 1. The molecular formula is C31H29FN4O5. The lowest BCUT2D eigenvalue weighted by Gasteiger charge is -2.16. The van der Waals surface area contributed by atoms with Gasteiger partial charge >= 0.3 is 0 Å². The number of pyridine rings is 1. The molecule has 2 heterocycles. The fraction of sp³-hybridized carbons (Fsp3) is 0.194. The van der Waals surface area contributed by atoms with Crippen LogP contribution in [0, 0.1) is 12.7 Å². The van der Waals surface area contributed by atoms with Crippen molar-refractivity contribution in [3.8, 4) is 22.9 Å². The van der Waals surface area contributed by atoms with Crippen LogP contribution in [0.2, 0.25) is 0 Å². The summed E-state index contributed by atoms with van der Waals surface area (Å²) in [5, 5.41) is 13.6. The number of para-hydroxylation sites is 1. The van der Waals surface area contributed by atoms with Gasteiger partial charge in [-0.1, -0.05) is 25.1 Å². The predicted molar refractivity (Wildman–Crippen MR) is 154 cm³/mol. The number of anilines is 1. The lowest BCUT2D eigenvalue weighted by molar-refractivity contribution is 0.102. The molecule has 0 saturated carbocycles. The minimum atomic E-state index is -0.715. The van der Waals surface area contributed by atoms with E-state index >= 15 is 4.39 Å². The topological polar surface area (TPSA) is 108 Å². The Kier molecular flexibility index (Phi) is 7.84. The Morgan fingerprint density at radius 2 is 1.85 bits per heavy atom. The molecule has 0 spiro atoms. The van der Waals surface area contributed by atoms with Crippen molar-refractivity contribution in [1.82, 2.24) is 14.3 Å². The third-order valence-corrected chi connectivity index (χ3v) is 6.80. The van der Waals surface area contributed by atoms with Gasteiger partial charge in [0.15, 0.2) is 11.6 Å². The first kappa shape index (κ1) is 27.6. The SMILES string of the molecule is CC[C@@H](O)Cn1c(C)c(C(=O)Nc2ccc(Oc3ccnc4cc(OC)ccc34)c(F)c2)c(=O)n1-c1ccccc1. The lowest BCUT2D eigenvalue weighted by atomic mass is 10.2. The first-order valence-electron chi connectivity index (χ1n) is 13.1. The maximum Gasteiger partial charge on any atom is 0.284 e. The first-order chi connectivity index (χ1) is 19.8. The largest absolute Gasteiger partial charge is 0.497 e. The van der Waals surface area contributed by atoms with Crippen molar-refractivity contribution in [2.75, 3.05) is 12.4 Å². The van der Waals surface area contributed by atoms with Gasteiger partial charge in [0.25, 0.3) is 11.5 Å². The third kappa shape index (κ3) is 5.55. The predicted octanol–water partition coefficient (Wildman–Crippen LogP) is 5.46. The van der Waals surface area contributed by atoms with Gasteiger partial charge in [-0.05, 0) is 55.8 Å². The molecule has 0 fully saturated rings. The molecule has 10 heteroatoms. The number of methoxy groups -OCH3 is 1. The van der Waals surface area contributed by atoms with Crippen LogP contribution in [-0.4, -0.2) is 38.6 Å². The number of hydrogen-bond donors (Lipinski definition) is 2. The van der Waals surface area contributed by atoms with Gasteiger partial charge < -0.3 is 19.9 Å². The number of carbonyl (C=O) groups is 1. The summed E-state index contributed by atoms with van der Waals surface area (Å²) < 4.78 is 29.2. The Hall–Kier alpha value is -4.96. The van der Waals surface area contributed by atoms with E-state index in [9.17, 15) is 14.7 Å². The maximum absolute atomic E-state index is 15.1. The number of fused-ring (bicyclic) bond motifs is 1. The number of rotatable bonds is 9. The first-order valence-corrected chi connectivity index (χ1v) is 13.1. The molecule has 0 aliphatic carbocycles. The van der Waals surface area contributed by atoms with E-state index in [1.165, 1.54) is 16.8 Å². The summed E-state index contributed by atoms with van der Waals surface area (Å²) >= 11 is 0. The summed E-state index contributed by atoms with van der Waals surface area (Å²) in [6.07, 6.45) is 1.31. The molecule has 1 atom stereocenters. The van der Waals surface area contributed by atoms with Gasteiger partial charge in [0.05, 0.1) is 36.7 Å². The van der Waals surface area contributed by atoms with Crippen LogP contribution in [0.25, 0.3) is 16.6 Å². The number of halogens is 1. The van der Waals surface area contributed by atoms with E-state index in [1.54, 1.807) is 73.4 Å². The van der Waals surface area contributed by atoms with E-state index < -0.39 is 23.4 Å². The van der Waals surface area contributed by atoms with E-state index in [0.29, 0.717) is 40.2 Å². The zero-order chi connectivity index (χ0) is 29.1. The number of aromatic nitrogens is 3. The smallest absolute Gasteiger partial charge is 0.284 e. The third-order valence-electron chi connectivity index (χ3n) is 6.80. The zero-order valence-electron chi connectivity index (χ0n) is 22.8. The molecule has 9 nitrogen and oxygen atoms in total. The van der Waals surface area contributed by atoms with Gasteiger partial charge in [0.1, 0.15) is 17.1 Å². The van der Waals surface area contributed by atoms with E-state index in [4.69, 9.17) is 9.47 Å². The molecule has 1 amide bonds. The summed E-state index contributed by atoms with van der Waals surface area (Å²) in [6, 6.07) is 19.8. The molecule has 0 aliphatic heterocycles. The van der Waals surface area contributed by atoms with Crippen LogP contribution >= 0.6 is 0 Å². The van der Waals surface area contributed by atoms with E-state index in [0.717, 1.165) is 6.07 Å². The Labute approximate surface area is 235 Å². The van der Waals surface area contributed by atoms with Gasteiger partial charge in [-0.3, -0.25) is 19.3 Å². The number of hydrogen-bond acceptors (Lipinski definition) is 6. The van der Waals surface area contributed by atoms with Crippen LogP contribution in [0.15, 0.2) is 83.8 Å². The highest BCUT2D eigenvalue weighted by molar-refractivity contribution is 6.05. The molecule has 5 rings (SSSR count). The monoisotopic (exact) mass is 556 g/mol. The molecule has 0 bridgehead atoms. The molecular weight excluding hydrogens is 527 g/mol. The number of aliphatic hydroxyl groups excluding tert-OH is 1. The van der Waals surface area contributed by atoms with E-state index in [-0.39, 0.29) is 23.5 Å². The minimum absolute atomic E-state index is 0.0476. The highest BCUT2D eigenvalue weighted by atomic mass is 19.1. The second-order valence-corrected chi connectivity index (χ2v) is 9.45. The molecule has 3 aromatic carbocycles. The number of nitrogens with one attached hydrogen (secondary N) is 1. The van der Waals surface area contributed by atoms with Crippen molar-refractivity contribution in [2.45, 2.75) is 32.9 Å². The zero-order valence-corrected chi connectivity index (χ0v) is 22.8. The van der Waals surface area contributed by atoms with E-state index in [2.05, 4.69) is 10.3 Å². The molecule has 2 N–H and O–H groups in total. The van der Waals surface area contributed by atoms with Gasteiger partial charge in [0, 0.05) is 29.4 Å². The van der Waals surface area contributed by atoms with Crippen LogP contribution in [0.1, 0.15) is 29.4 Å². The lowest BCUT2D eigenvalue weighted by Crippen LogP contribution is -2.27. The molecule has 5 aromatic rings. The highest BCUT2D eigenvalue weighted by Gasteiger charge is 2.25. The van der Waals surface area contributed by atoms with Crippen molar-refractivity contribution in [2.24, 2.45) is 0 Å². The normalized spacial score (nSPS) is 11.8. The van der Waals surface area contributed by atoms with Gasteiger partial charge in [0.2, 0.25) is 0 Å². The van der Waals surface area contributed by atoms with Crippen molar-refractivity contribution >= 4 is 22.5 Å². The molecule has 210 valence electrons. The molecule has 41 heavy (non-hydrogen) atoms. The maximum atomic E-state index is 15.1. The fourth-order valence-electron chi connectivity index (χ4n) is 4.57. The summed E-state index contributed by atoms with van der Waals surface area (Å²) in [5.74, 6) is -0.405. The second-order valence-electron chi connectivity index (χ2n) is 9.45. The molecule has 0 unspecified atom stereocenters. The standard InChI is InChI=1S/C31H29FN4O5/c1-4-22(37)18-35-19(2)29(31(39)36(35)21-8-6-5-7-9-21)30(38)34-20-10-13-28(25(32)16-20)41-27-14-15-33-26-17-23(40-3)11-12-24(26)27/h5-17,22,37H,4,18H2,1-3H3,(H,34,38)/t22-/m1/s1. The summed E-state index contributed by atoms with van der Waals surface area (Å²) in [6.45, 7) is 3.60. The molecule has 0 radical (unpaired) electrons. The summed E-state index contributed by atoms with van der Waals surface area (Å²) in [7, 11) is 1.56.